The number of fused-ring (bicyclic) bond motifs is 1. The van der Waals surface area contributed by atoms with Crippen LogP contribution >= 0.6 is 0 Å². The molecule has 0 saturated carbocycles. The summed E-state index contributed by atoms with van der Waals surface area (Å²) < 4.78 is 18.8. The predicted molar refractivity (Wildman–Crippen MR) is 73.8 cm³/mol. The van der Waals surface area contributed by atoms with E-state index >= 15 is 0 Å². The standard InChI is InChI=1S/C15H20FNO2/c1-3-4-14(17-2)15(18,10-16)12-6-5-11-7-8-19-13(11)9-12/h5-9,14,17-18H,3-4,10H2,1-2H3. The van der Waals surface area contributed by atoms with Gasteiger partial charge in [-0.25, -0.2) is 4.39 Å². The first kappa shape index (κ1) is 14.0. The molecule has 2 unspecified atom stereocenters. The molecular weight excluding hydrogens is 245 g/mol. The first-order valence-corrected chi connectivity index (χ1v) is 6.59. The second-order valence-corrected chi connectivity index (χ2v) is 4.86. The molecule has 0 aliphatic heterocycles. The fourth-order valence-corrected chi connectivity index (χ4v) is 2.51. The largest absolute Gasteiger partial charge is 0.464 e. The predicted octanol–water partition coefficient (Wildman–Crippen LogP) is 2.98. The van der Waals surface area contributed by atoms with Crippen LogP contribution in [0.3, 0.4) is 0 Å². The number of likely N-dealkylation sites (N-methyl/N-ethyl adjacent to an activating group) is 1. The number of hydrogen-bond acceptors (Lipinski definition) is 3. The van der Waals surface area contributed by atoms with Crippen molar-refractivity contribution in [2.45, 2.75) is 31.4 Å². The molecule has 0 amide bonds. The maximum atomic E-state index is 13.5. The number of alkyl halides is 1. The van der Waals surface area contributed by atoms with E-state index in [0.717, 1.165) is 11.8 Å². The molecule has 0 spiro atoms. The van der Waals surface area contributed by atoms with E-state index in [-0.39, 0.29) is 6.04 Å². The van der Waals surface area contributed by atoms with E-state index in [1.807, 2.05) is 19.1 Å². The van der Waals surface area contributed by atoms with Gasteiger partial charge in [-0.2, -0.15) is 0 Å². The van der Waals surface area contributed by atoms with Gasteiger partial charge in [0.2, 0.25) is 0 Å². The van der Waals surface area contributed by atoms with Crippen LogP contribution in [0.4, 0.5) is 4.39 Å². The maximum Gasteiger partial charge on any atom is 0.134 e. The Morgan fingerprint density at radius 2 is 2.21 bits per heavy atom. The first-order chi connectivity index (χ1) is 9.15. The lowest BCUT2D eigenvalue weighted by Gasteiger charge is -2.34. The summed E-state index contributed by atoms with van der Waals surface area (Å²) in [5.74, 6) is 0. The summed E-state index contributed by atoms with van der Waals surface area (Å²) >= 11 is 0. The van der Waals surface area contributed by atoms with Crippen LogP contribution in [-0.2, 0) is 5.60 Å². The Morgan fingerprint density at radius 3 is 2.84 bits per heavy atom. The van der Waals surface area contributed by atoms with Gasteiger partial charge in [-0.05, 0) is 31.2 Å². The number of nitrogens with one attached hydrogen (secondary N) is 1. The lowest BCUT2D eigenvalue weighted by Crippen LogP contribution is -2.48. The highest BCUT2D eigenvalue weighted by atomic mass is 19.1. The van der Waals surface area contributed by atoms with Crippen molar-refractivity contribution in [2.24, 2.45) is 0 Å². The van der Waals surface area contributed by atoms with Crippen LogP contribution in [0.5, 0.6) is 0 Å². The maximum absolute atomic E-state index is 13.5. The van der Waals surface area contributed by atoms with Gasteiger partial charge in [-0.1, -0.05) is 25.5 Å². The van der Waals surface area contributed by atoms with E-state index in [1.54, 1.807) is 25.4 Å². The van der Waals surface area contributed by atoms with Gasteiger partial charge in [0.15, 0.2) is 0 Å². The Bertz CT molecular complexity index is 540. The minimum Gasteiger partial charge on any atom is -0.464 e. The van der Waals surface area contributed by atoms with Crippen molar-refractivity contribution in [1.82, 2.24) is 5.32 Å². The Balaban J connectivity index is 2.43. The van der Waals surface area contributed by atoms with Gasteiger partial charge in [0, 0.05) is 11.4 Å². The summed E-state index contributed by atoms with van der Waals surface area (Å²) in [4.78, 5) is 0. The fraction of sp³-hybridized carbons (Fsp3) is 0.467. The van der Waals surface area contributed by atoms with Gasteiger partial charge in [-0.15, -0.1) is 0 Å². The zero-order chi connectivity index (χ0) is 13.9. The number of aliphatic hydroxyl groups is 1. The molecule has 0 aliphatic carbocycles. The Kier molecular flexibility index (Phi) is 4.22. The normalized spacial score (nSPS) is 16.4. The summed E-state index contributed by atoms with van der Waals surface area (Å²) in [5, 5.41) is 14.7. The third-order valence-corrected chi connectivity index (χ3v) is 3.66. The van der Waals surface area contributed by atoms with Crippen molar-refractivity contribution >= 4 is 11.0 Å². The number of rotatable bonds is 6. The number of hydrogen-bond donors (Lipinski definition) is 2. The zero-order valence-corrected chi connectivity index (χ0v) is 11.3. The van der Waals surface area contributed by atoms with Gasteiger partial charge >= 0.3 is 0 Å². The van der Waals surface area contributed by atoms with Crippen LogP contribution in [0.2, 0.25) is 0 Å². The third kappa shape index (κ3) is 2.51. The van der Waals surface area contributed by atoms with Gasteiger partial charge in [0.05, 0.1) is 6.26 Å². The molecule has 1 aromatic carbocycles. The van der Waals surface area contributed by atoms with E-state index in [4.69, 9.17) is 4.42 Å². The van der Waals surface area contributed by atoms with Crippen LogP contribution in [-0.4, -0.2) is 24.9 Å². The van der Waals surface area contributed by atoms with Gasteiger partial charge in [0.25, 0.3) is 0 Å². The highest BCUT2D eigenvalue weighted by Crippen LogP contribution is 2.31. The van der Waals surface area contributed by atoms with Crippen molar-refractivity contribution in [3.63, 3.8) is 0 Å². The fourth-order valence-electron chi connectivity index (χ4n) is 2.51. The molecule has 1 heterocycles. The summed E-state index contributed by atoms with van der Waals surface area (Å²) in [5.41, 5.74) is -0.313. The molecule has 0 radical (unpaired) electrons. The SMILES string of the molecule is CCCC(NC)C(O)(CF)c1ccc2ccoc2c1. The molecule has 0 bridgehead atoms. The summed E-state index contributed by atoms with van der Waals surface area (Å²) in [6.07, 6.45) is 3.16. The second-order valence-electron chi connectivity index (χ2n) is 4.86. The van der Waals surface area contributed by atoms with Crippen LogP contribution in [0.25, 0.3) is 11.0 Å². The number of benzene rings is 1. The molecular formula is C15H20FNO2. The Morgan fingerprint density at radius 1 is 1.42 bits per heavy atom. The molecule has 19 heavy (non-hydrogen) atoms. The van der Waals surface area contributed by atoms with E-state index in [1.165, 1.54) is 0 Å². The van der Waals surface area contributed by atoms with Gasteiger partial charge < -0.3 is 14.8 Å². The molecule has 2 rings (SSSR count). The van der Waals surface area contributed by atoms with E-state index in [9.17, 15) is 9.50 Å². The molecule has 3 nitrogen and oxygen atoms in total. The first-order valence-electron chi connectivity index (χ1n) is 6.59. The second kappa shape index (κ2) is 5.72. The summed E-state index contributed by atoms with van der Waals surface area (Å²) in [7, 11) is 1.74. The molecule has 104 valence electrons. The van der Waals surface area contributed by atoms with Gasteiger partial charge in [-0.3, -0.25) is 0 Å². The van der Waals surface area contributed by atoms with E-state index in [0.29, 0.717) is 17.6 Å². The molecule has 0 aliphatic rings. The van der Waals surface area contributed by atoms with Crippen LogP contribution < -0.4 is 5.32 Å². The van der Waals surface area contributed by atoms with Crippen molar-refractivity contribution in [2.75, 3.05) is 13.7 Å². The Labute approximate surface area is 112 Å². The average molecular weight is 265 g/mol. The summed E-state index contributed by atoms with van der Waals surface area (Å²) in [6.45, 7) is 1.18. The molecule has 2 N–H and O–H groups in total. The highest BCUT2D eigenvalue weighted by molar-refractivity contribution is 5.77. The Hall–Kier alpha value is -1.39. The van der Waals surface area contributed by atoms with Crippen molar-refractivity contribution in [3.8, 4) is 0 Å². The lowest BCUT2D eigenvalue weighted by molar-refractivity contribution is -0.0255. The van der Waals surface area contributed by atoms with Crippen molar-refractivity contribution in [3.05, 3.63) is 36.1 Å². The minimum atomic E-state index is -1.52. The zero-order valence-electron chi connectivity index (χ0n) is 11.3. The van der Waals surface area contributed by atoms with E-state index < -0.39 is 12.3 Å². The monoisotopic (exact) mass is 265 g/mol. The highest BCUT2D eigenvalue weighted by Gasteiger charge is 2.37. The topological polar surface area (TPSA) is 45.4 Å². The van der Waals surface area contributed by atoms with E-state index in [2.05, 4.69) is 5.32 Å². The molecule has 1 aromatic heterocycles. The molecule has 0 fully saturated rings. The molecule has 2 aromatic rings. The molecule has 0 saturated heterocycles. The summed E-state index contributed by atoms with van der Waals surface area (Å²) in [6, 6.07) is 6.84. The van der Waals surface area contributed by atoms with Crippen LogP contribution in [0, 0.1) is 0 Å². The van der Waals surface area contributed by atoms with Crippen molar-refractivity contribution < 1.29 is 13.9 Å². The smallest absolute Gasteiger partial charge is 0.134 e. The van der Waals surface area contributed by atoms with Crippen LogP contribution in [0.1, 0.15) is 25.3 Å². The minimum absolute atomic E-state index is 0.324. The van der Waals surface area contributed by atoms with Crippen molar-refractivity contribution in [1.29, 1.82) is 0 Å². The lowest BCUT2D eigenvalue weighted by atomic mass is 9.85. The average Bonchev–Trinajstić information content (AvgIpc) is 2.91. The van der Waals surface area contributed by atoms with Crippen LogP contribution in [0.15, 0.2) is 34.9 Å². The molecule has 4 heteroatoms. The van der Waals surface area contributed by atoms with Gasteiger partial charge in [0.1, 0.15) is 17.9 Å². The number of halogens is 1. The number of furan rings is 1. The third-order valence-electron chi connectivity index (χ3n) is 3.66. The quantitative estimate of drug-likeness (QED) is 0.844. The molecule has 2 atom stereocenters.